The summed E-state index contributed by atoms with van der Waals surface area (Å²) in [4.78, 5) is 11.1. The standard InChI is InChI=1S/C15H24N2O2/c1-11(9-15(2,3)19-4)17-10-12-6-5-7-13(8-12)14(16)18/h5-8,11,17H,9-10H2,1-4H3,(H2,16,18). The fraction of sp³-hybridized carbons (Fsp3) is 0.533. The highest BCUT2D eigenvalue weighted by molar-refractivity contribution is 5.92. The zero-order valence-electron chi connectivity index (χ0n) is 12.2. The second-order valence-electron chi connectivity index (χ2n) is 5.51. The molecule has 0 aliphatic heterocycles. The highest BCUT2D eigenvalue weighted by atomic mass is 16.5. The maximum absolute atomic E-state index is 11.1. The lowest BCUT2D eigenvalue weighted by Gasteiger charge is -2.27. The molecule has 19 heavy (non-hydrogen) atoms. The Morgan fingerprint density at radius 3 is 2.74 bits per heavy atom. The Morgan fingerprint density at radius 1 is 1.47 bits per heavy atom. The van der Waals surface area contributed by atoms with E-state index in [-0.39, 0.29) is 5.60 Å². The molecule has 0 radical (unpaired) electrons. The van der Waals surface area contributed by atoms with Crippen LogP contribution in [0.5, 0.6) is 0 Å². The van der Waals surface area contributed by atoms with Crippen molar-refractivity contribution in [3.05, 3.63) is 35.4 Å². The Hall–Kier alpha value is -1.39. The van der Waals surface area contributed by atoms with Crippen molar-refractivity contribution in [3.8, 4) is 0 Å². The van der Waals surface area contributed by atoms with Gasteiger partial charge in [0, 0.05) is 25.3 Å². The molecule has 0 bridgehead atoms. The molecule has 0 heterocycles. The van der Waals surface area contributed by atoms with Gasteiger partial charge in [-0.05, 0) is 44.9 Å². The van der Waals surface area contributed by atoms with Crippen molar-refractivity contribution >= 4 is 5.91 Å². The molecule has 1 atom stereocenters. The van der Waals surface area contributed by atoms with Gasteiger partial charge < -0.3 is 15.8 Å². The normalized spacial score (nSPS) is 13.3. The van der Waals surface area contributed by atoms with Crippen LogP contribution in [0.3, 0.4) is 0 Å². The molecule has 0 aliphatic carbocycles. The molecule has 0 spiro atoms. The van der Waals surface area contributed by atoms with Gasteiger partial charge in [0.05, 0.1) is 5.60 Å². The Labute approximate surface area is 115 Å². The molecule has 0 saturated carbocycles. The van der Waals surface area contributed by atoms with E-state index in [0.29, 0.717) is 18.2 Å². The van der Waals surface area contributed by atoms with Crippen LogP contribution in [0.2, 0.25) is 0 Å². The molecule has 1 aromatic carbocycles. The molecule has 0 aliphatic rings. The first-order valence-electron chi connectivity index (χ1n) is 6.51. The van der Waals surface area contributed by atoms with Crippen LogP contribution in [0.25, 0.3) is 0 Å². The SMILES string of the molecule is COC(C)(C)CC(C)NCc1cccc(C(N)=O)c1. The zero-order chi connectivity index (χ0) is 14.5. The van der Waals surface area contributed by atoms with E-state index in [1.54, 1.807) is 13.2 Å². The minimum atomic E-state index is -0.393. The van der Waals surface area contributed by atoms with Crippen molar-refractivity contribution in [2.45, 2.75) is 45.4 Å². The summed E-state index contributed by atoms with van der Waals surface area (Å²) in [7, 11) is 1.73. The first-order valence-corrected chi connectivity index (χ1v) is 6.51. The lowest BCUT2D eigenvalue weighted by molar-refractivity contribution is 0.00844. The monoisotopic (exact) mass is 264 g/mol. The van der Waals surface area contributed by atoms with Crippen LogP contribution in [-0.4, -0.2) is 24.7 Å². The molecule has 3 N–H and O–H groups in total. The summed E-state index contributed by atoms with van der Waals surface area (Å²) in [6.07, 6.45) is 0.916. The number of nitrogens with one attached hydrogen (secondary N) is 1. The molecule has 0 aromatic heterocycles. The largest absolute Gasteiger partial charge is 0.379 e. The third-order valence-electron chi connectivity index (χ3n) is 3.22. The number of nitrogens with two attached hydrogens (primary N) is 1. The zero-order valence-corrected chi connectivity index (χ0v) is 12.2. The topological polar surface area (TPSA) is 64.3 Å². The van der Waals surface area contributed by atoms with Crippen molar-refractivity contribution in [3.63, 3.8) is 0 Å². The Balaban J connectivity index is 2.52. The summed E-state index contributed by atoms with van der Waals surface area (Å²) in [5, 5.41) is 3.42. The third-order valence-corrected chi connectivity index (χ3v) is 3.22. The average molecular weight is 264 g/mol. The van der Waals surface area contributed by atoms with Gasteiger partial charge in [0.2, 0.25) is 5.91 Å². The van der Waals surface area contributed by atoms with Gasteiger partial charge in [0.1, 0.15) is 0 Å². The van der Waals surface area contributed by atoms with Gasteiger partial charge in [-0.1, -0.05) is 12.1 Å². The number of carbonyl (C=O) groups excluding carboxylic acids is 1. The van der Waals surface area contributed by atoms with E-state index in [2.05, 4.69) is 26.1 Å². The maximum Gasteiger partial charge on any atom is 0.248 e. The summed E-state index contributed by atoms with van der Waals surface area (Å²) >= 11 is 0. The molecule has 0 saturated heterocycles. The van der Waals surface area contributed by atoms with Crippen LogP contribution in [0.1, 0.15) is 43.1 Å². The summed E-state index contributed by atoms with van der Waals surface area (Å²) in [5.41, 5.74) is 6.73. The number of primary amides is 1. The van der Waals surface area contributed by atoms with E-state index in [9.17, 15) is 4.79 Å². The molecule has 0 fully saturated rings. The van der Waals surface area contributed by atoms with E-state index in [4.69, 9.17) is 10.5 Å². The van der Waals surface area contributed by atoms with Gasteiger partial charge >= 0.3 is 0 Å². The van der Waals surface area contributed by atoms with Crippen LogP contribution < -0.4 is 11.1 Å². The maximum atomic E-state index is 11.1. The van der Waals surface area contributed by atoms with E-state index >= 15 is 0 Å². The lowest BCUT2D eigenvalue weighted by atomic mass is 9.99. The predicted molar refractivity (Wildman–Crippen MR) is 77.0 cm³/mol. The minimum absolute atomic E-state index is 0.137. The number of benzene rings is 1. The molecule has 1 rings (SSSR count). The summed E-state index contributed by atoms with van der Waals surface area (Å²) in [5.74, 6) is -0.393. The van der Waals surface area contributed by atoms with Crippen LogP contribution >= 0.6 is 0 Å². The summed E-state index contributed by atoms with van der Waals surface area (Å²) in [6, 6.07) is 7.70. The first-order chi connectivity index (χ1) is 8.84. The number of amides is 1. The highest BCUT2D eigenvalue weighted by Crippen LogP contribution is 2.15. The predicted octanol–water partition coefficient (Wildman–Crippen LogP) is 2.08. The molecule has 1 aromatic rings. The van der Waals surface area contributed by atoms with Gasteiger partial charge in [-0.3, -0.25) is 4.79 Å². The fourth-order valence-electron chi connectivity index (χ4n) is 2.02. The van der Waals surface area contributed by atoms with Gasteiger partial charge in [-0.15, -0.1) is 0 Å². The number of rotatable bonds is 7. The molecular weight excluding hydrogens is 240 g/mol. The molecule has 106 valence electrons. The van der Waals surface area contributed by atoms with Crippen LogP contribution in [0, 0.1) is 0 Å². The molecule has 4 nitrogen and oxygen atoms in total. The minimum Gasteiger partial charge on any atom is -0.379 e. The number of methoxy groups -OCH3 is 1. The summed E-state index contributed by atoms with van der Waals surface area (Å²) < 4.78 is 5.41. The van der Waals surface area contributed by atoms with Crippen molar-refractivity contribution in [2.75, 3.05) is 7.11 Å². The number of hydrogen-bond donors (Lipinski definition) is 2. The van der Waals surface area contributed by atoms with Crippen molar-refractivity contribution in [2.24, 2.45) is 5.73 Å². The van der Waals surface area contributed by atoms with E-state index in [1.807, 2.05) is 18.2 Å². The number of carbonyl (C=O) groups is 1. The molecule has 1 unspecified atom stereocenters. The Morgan fingerprint density at radius 2 is 2.16 bits per heavy atom. The van der Waals surface area contributed by atoms with E-state index in [0.717, 1.165) is 12.0 Å². The lowest BCUT2D eigenvalue weighted by Crippen LogP contribution is -2.35. The number of ether oxygens (including phenoxy) is 1. The summed E-state index contributed by atoms with van der Waals surface area (Å²) in [6.45, 7) is 6.97. The van der Waals surface area contributed by atoms with Gasteiger partial charge in [-0.25, -0.2) is 0 Å². The fourth-order valence-corrected chi connectivity index (χ4v) is 2.02. The van der Waals surface area contributed by atoms with Crippen LogP contribution in [-0.2, 0) is 11.3 Å². The molecule has 4 heteroatoms. The van der Waals surface area contributed by atoms with Crippen LogP contribution in [0.4, 0.5) is 0 Å². The second-order valence-corrected chi connectivity index (χ2v) is 5.51. The van der Waals surface area contributed by atoms with Gasteiger partial charge in [0.15, 0.2) is 0 Å². The first kappa shape index (κ1) is 15.7. The highest BCUT2D eigenvalue weighted by Gasteiger charge is 2.19. The van der Waals surface area contributed by atoms with Crippen molar-refractivity contribution in [1.29, 1.82) is 0 Å². The van der Waals surface area contributed by atoms with E-state index in [1.165, 1.54) is 0 Å². The number of hydrogen-bond acceptors (Lipinski definition) is 3. The second kappa shape index (κ2) is 6.68. The molecular formula is C15H24N2O2. The smallest absolute Gasteiger partial charge is 0.248 e. The van der Waals surface area contributed by atoms with Crippen molar-refractivity contribution in [1.82, 2.24) is 5.32 Å². The van der Waals surface area contributed by atoms with Gasteiger partial charge in [-0.2, -0.15) is 0 Å². The van der Waals surface area contributed by atoms with Crippen LogP contribution in [0.15, 0.2) is 24.3 Å². The van der Waals surface area contributed by atoms with Crippen molar-refractivity contribution < 1.29 is 9.53 Å². The van der Waals surface area contributed by atoms with Gasteiger partial charge in [0.25, 0.3) is 0 Å². The quantitative estimate of drug-likeness (QED) is 0.792. The average Bonchev–Trinajstić information content (AvgIpc) is 2.36. The molecule has 1 amide bonds. The Bertz CT molecular complexity index is 430. The Kier molecular flexibility index (Phi) is 5.51. The third kappa shape index (κ3) is 5.41. The van der Waals surface area contributed by atoms with E-state index < -0.39 is 5.91 Å².